The van der Waals surface area contributed by atoms with E-state index in [-0.39, 0.29) is 5.92 Å². The molecule has 1 aliphatic heterocycles. The van der Waals surface area contributed by atoms with Crippen LogP contribution in [0.5, 0.6) is 5.75 Å². The van der Waals surface area contributed by atoms with Gasteiger partial charge in [0.2, 0.25) is 0 Å². The molecule has 0 saturated heterocycles. The molecular weight excluding hydrogens is 224 g/mol. The lowest BCUT2D eigenvalue weighted by molar-refractivity contribution is -0.0359. The smallest absolute Gasteiger partial charge is 0.198 e. The molecular formula is C16H16O2. The predicted molar refractivity (Wildman–Crippen MR) is 70.7 cm³/mol. The molecule has 1 aliphatic rings. The van der Waals surface area contributed by atoms with Gasteiger partial charge in [-0.05, 0) is 18.6 Å². The minimum Gasteiger partial charge on any atom is -0.465 e. The van der Waals surface area contributed by atoms with Crippen LogP contribution in [0.1, 0.15) is 29.0 Å². The normalized spacial score (nSPS) is 22.1. The molecule has 0 aliphatic carbocycles. The zero-order valence-corrected chi connectivity index (χ0v) is 10.3. The van der Waals surface area contributed by atoms with Gasteiger partial charge < -0.3 is 9.84 Å². The molecule has 92 valence electrons. The fourth-order valence-corrected chi connectivity index (χ4v) is 2.57. The van der Waals surface area contributed by atoms with Crippen molar-refractivity contribution in [3.63, 3.8) is 0 Å². The largest absolute Gasteiger partial charge is 0.465 e. The second-order valence-corrected chi connectivity index (χ2v) is 4.81. The lowest BCUT2D eigenvalue weighted by atomic mass is 9.85. The summed E-state index contributed by atoms with van der Waals surface area (Å²) in [5, 5.41) is 9.83. The van der Waals surface area contributed by atoms with Crippen LogP contribution in [0.25, 0.3) is 0 Å². The molecule has 0 radical (unpaired) electrons. The van der Waals surface area contributed by atoms with E-state index in [1.165, 1.54) is 16.7 Å². The van der Waals surface area contributed by atoms with Crippen molar-refractivity contribution < 1.29 is 9.84 Å². The summed E-state index contributed by atoms with van der Waals surface area (Å²) in [5.41, 5.74) is 3.62. The molecule has 2 nitrogen and oxygen atoms in total. The zero-order chi connectivity index (χ0) is 12.5. The van der Waals surface area contributed by atoms with Crippen LogP contribution in [0, 0.1) is 6.92 Å². The number of hydrogen-bond acceptors (Lipinski definition) is 2. The van der Waals surface area contributed by atoms with Gasteiger partial charge >= 0.3 is 0 Å². The van der Waals surface area contributed by atoms with E-state index in [4.69, 9.17) is 4.74 Å². The van der Waals surface area contributed by atoms with Gasteiger partial charge in [-0.3, -0.25) is 0 Å². The summed E-state index contributed by atoms with van der Waals surface area (Å²) in [7, 11) is 0. The molecule has 18 heavy (non-hydrogen) atoms. The highest BCUT2D eigenvalue weighted by Gasteiger charge is 2.28. The molecule has 0 amide bonds. The Balaban J connectivity index is 2.09. The van der Waals surface area contributed by atoms with E-state index in [0.717, 1.165) is 5.75 Å². The summed E-state index contributed by atoms with van der Waals surface area (Å²) in [6, 6.07) is 16.4. The number of benzene rings is 2. The topological polar surface area (TPSA) is 29.5 Å². The first-order valence-corrected chi connectivity index (χ1v) is 6.24. The van der Waals surface area contributed by atoms with Crippen molar-refractivity contribution in [2.24, 2.45) is 0 Å². The van der Waals surface area contributed by atoms with Crippen LogP contribution in [0.4, 0.5) is 0 Å². The fraction of sp³-hybridized carbons (Fsp3) is 0.250. The average Bonchev–Trinajstić information content (AvgIpc) is 2.39. The summed E-state index contributed by atoms with van der Waals surface area (Å²) in [5.74, 6) is 1.01. The molecule has 0 saturated carbocycles. The monoisotopic (exact) mass is 240 g/mol. The fourth-order valence-electron chi connectivity index (χ4n) is 2.57. The molecule has 2 aromatic carbocycles. The Morgan fingerprint density at radius 1 is 1.11 bits per heavy atom. The van der Waals surface area contributed by atoms with Crippen LogP contribution >= 0.6 is 0 Å². The SMILES string of the molecule is Cc1ccc2c(c1)[C@H](c1ccccc1)CC(O)O2. The molecule has 1 N–H and O–H groups in total. The van der Waals surface area contributed by atoms with Gasteiger partial charge in [-0.1, -0.05) is 48.0 Å². The first-order chi connectivity index (χ1) is 8.74. The number of fused-ring (bicyclic) bond motifs is 1. The van der Waals surface area contributed by atoms with E-state index in [1.54, 1.807) is 0 Å². The second kappa shape index (κ2) is 4.46. The summed E-state index contributed by atoms with van der Waals surface area (Å²) in [4.78, 5) is 0. The Bertz CT molecular complexity index is 548. The average molecular weight is 240 g/mol. The summed E-state index contributed by atoms with van der Waals surface area (Å²) >= 11 is 0. The molecule has 2 atom stereocenters. The number of aliphatic hydroxyl groups is 1. The van der Waals surface area contributed by atoms with Gasteiger partial charge in [0.25, 0.3) is 0 Å². The van der Waals surface area contributed by atoms with Crippen LogP contribution in [0.3, 0.4) is 0 Å². The first kappa shape index (κ1) is 11.3. The van der Waals surface area contributed by atoms with Crippen LogP contribution in [-0.4, -0.2) is 11.4 Å². The molecule has 0 spiro atoms. The zero-order valence-electron chi connectivity index (χ0n) is 10.3. The maximum Gasteiger partial charge on any atom is 0.198 e. The van der Waals surface area contributed by atoms with Crippen molar-refractivity contribution in [2.45, 2.75) is 25.6 Å². The molecule has 3 rings (SSSR count). The minimum atomic E-state index is -0.717. The van der Waals surface area contributed by atoms with E-state index >= 15 is 0 Å². The summed E-state index contributed by atoms with van der Waals surface area (Å²) < 4.78 is 5.49. The Kier molecular flexibility index (Phi) is 2.80. The van der Waals surface area contributed by atoms with Crippen molar-refractivity contribution in [3.8, 4) is 5.75 Å². The lowest BCUT2D eigenvalue weighted by Gasteiger charge is -2.30. The van der Waals surface area contributed by atoms with E-state index in [1.807, 2.05) is 30.3 Å². The number of aryl methyl sites for hydroxylation is 1. The minimum absolute atomic E-state index is 0.213. The number of rotatable bonds is 1. The molecule has 1 unspecified atom stereocenters. The Morgan fingerprint density at radius 3 is 2.67 bits per heavy atom. The first-order valence-electron chi connectivity index (χ1n) is 6.24. The number of hydrogen-bond donors (Lipinski definition) is 1. The number of aliphatic hydroxyl groups excluding tert-OH is 1. The highest BCUT2D eigenvalue weighted by Crippen LogP contribution is 2.40. The number of ether oxygens (including phenoxy) is 1. The van der Waals surface area contributed by atoms with Gasteiger partial charge in [0.05, 0.1) is 0 Å². The van der Waals surface area contributed by atoms with Crippen molar-refractivity contribution in [1.29, 1.82) is 0 Å². The third kappa shape index (κ3) is 2.00. The second-order valence-electron chi connectivity index (χ2n) is 4.81. The maximum absolute atomic E-state index is 9.83. The lowest BCUT2D eigenvalue weighted by Crippen LogP contribution is -2.25. The third-order valence-corrected chi connectivity index (χ3v) is 3.44. The van der Waals surface area contributed by atoms with E-state index < -0.39 is 6.29 Å². The van der Waals surface area contributed by atoms with Gasteiger partial charge in [-0.25, -0.2) is 0 Å². The van der Waals surface area contributed by atoms with Gasteiger partial charge in [-0.2, -0.15) is 0 Å². The highest BCUT2D eigenvalue weighted by atomic mass is 16.6. The molecule has 0 fully saturated rings. The van der Waals surface area contributed by atoms with Crippen molar-refractivity contribution in [1.82, 2.24) is 0 Å². The molecule has 0 bridgehead atoms. The van der Waals surface area contributed by atoms with E-state index in [0.29, 0.717) is 6.42 Å². The van der Waals surface area contributed by atoms with E-state index in [2.05, 4.69) is 25.1 Å². The standard InChI is InChI=1S/C16H16O2/c1-11-7-8-15-14(9-11)13(10-16(17)18-15)12-5-3-2-4-6-12/h2-9,13,16-17H,10H2,1H3/t13-,16?/m0/s1. The van der Waals surface area contributed by atoms with Crippen molar-refractivity contribution >= 4 is 0 Å². The quantitative estimate of drug-likeness (QED) is 0.829. The van der Waals surface area contributed by atoms with Crippen LogP contribution in [0.2, 0.25) is 0 Å². The Morgan fingerprint density at radius 2 is 1.89 bits per heavy atom. The highest BCUT2D eigenvalue weighted by molar-refractivity contribution is 5.45. The predicted octanol–water partition coefficient (Wildman–Crippen LogP) is 3.23. The van der Waals surface area contributed by atoms with Crippen LogP contribution in [-0.2, 0) is 0 Å². The summed E-state index contributed by atoms with van der Waals surface area (Å²) in [6.45, 7) is 2.08. The van der Waals surface area contributed by atoms with Gasteiger partial charge in [0.15, 0.2) is 6.29 Å². The van der Waals surface area contributed by atoms with Crippen LogP contribution in [0.15, 0.2) is 48.5 Å². The van der Waals surface area contributed by atoms with Crippen molar-refractivity contribution in [2.75, 3.05) is 0 Å². The molecule has 0 aromatic heterocycles. The van der Waals surface area contributed by atoms with Gasteiger partial charge in [0, 0.05) is 17.9 Å². The van der Waals surface area contributed by atoms with E-state index in [9.17, 15) is 5.11 Å². The summed E-state index contributed by atoms with van der Waals surface area (Å²) in [6.07, 6.45) is -0.106. The van der Waals surface area contributed by atoms with Gasteiger partial charge in [0.1, 0.15) is 5.75 Å². The van der Waals surface area contributed by atoms with Gasteiger partial charge in [-0.15, -0.1) is 0 Å². The Hall–Kier alpha value is -1.80. The van der Waals surface area contributed by atoms with Crippen molar-refractivity contribution in [3.05, 3.63) is 65.2 Å². The molecule has 2 heteroatoms. The third-order valence-electron chi connectivity index (χ3n) is 3.44. The Labute approximate surface area is 107 Å². The van der Waals surface area contributed by atoms with Crippen LogP contribution < -0.4 is 4.74 Å². The molecule has 1 heterocycles. The maximum atomic E-state index is 9.83. The molecule has 2 aromatic rings.